The smallest absolute Gasteiger partial charge is 0.245 e. The van der Waals surface area contributed by atoms with Crippen LogP contribution in [0.5, 0.6) is 0 Å². The maximum absolute atomic E-state index is 12.6. The van der Waals surface area contributed by atoms with Gasteiger partial charge in [0.05, 0.1) is 0 Å². The monoisotopic (exact) mass is 247 g/mol. The van der Waals surface area contributed by atoms with Crippen LogP contribution in [0.2, 0.25) is 0 Å². The third-order valence-electron chi connectivity index (χ3n) is 3.45. The predicted octanol–water partition coefficient (Wildman–Crippen LogP) is 0.943. The van der Waals surface area contributed by atoms with Crippen molar-refractivity contribution < 1.29 is 4.79 Å². The number of anilines is 1. The SMILES string of the molecule is CCN(C(=O)C1CNCCN1C)c1ccccc1. The van der Waals surface area contributed by atoms with Gasteiger partial charge in [0.1, 0.15) is 6.04 Å². The standard InChI is InChI=1S/C14H21N3O/c1-3-17(12-7-5-4-6-8-12)14(18)13-11-15-9-10-16(13)2/h4-8,13,15H,3,9-11H2,1-2H3. The van der Waals surface area contributed by atoms with Crippen molar-refractivity contribution in [1.82, 2.24) is 10.2 Å². The molecule has 0 aliphatic carbocycles. The zero-order valence-electron chi connectivity index (χ0n) is 11.1. The van der Waals surface area contributed by atoms with Gasteiger partial charge in [0.15, 0.2) is 0 Å². The lowest BCUT2D eigenvalue weighted by atomic mass is 10.1. The van der Waals surface area contributed by atoms with E-state index in [2.05, 4.69) is 10.2 Å². The number of carbonyl (C=O) groups excluding carboxylic acids is 1. The molecular formula is C14H21N3O. The summed E-state index contributed by atoms with van der Waals surface area (Å²) in [7, 11) is 2.02. The molecule has 0 aromatic heterocycles. The van der Waals surface area contributed by atoms with Crippen molar-refractivity contribution in [3.8, 4) is 0 Å². The third kappa shape index (κ3) is 2.71. The molecule has 1 N–H and O–H groups in total. The first kappa shape index (κ1) is 13.1. The third-order valence-corrected chi connectivity index (χ3v) is 3.45. The molecule has 98 valence electrons. The molecule has 18 heavy (non-hydrogen) atoms. The molecule has 1 heterocycles. The van der Waals surface area contributed by atoms with Crippen molar-refractivity contribution in [3.05, 3.63) is 30.3 Å². The molecule has 0 spiro atoms. The highest BCUT2D eigenvalue weighted by Crippen LogP contribution is 2.16. The van der Waals surface area contributed by atoms with E-state index in [-0.39, 0.29) is 11.9 Å². The van der Waals surface area contributed by atoms with Crippen molar-refractivity contribution in [2.75, 3.05) is 38.1 Å². The average Bonchev–Trinajstić information content (AvgIpc) is 2.41. The zero-order chi connectivity index (χ0) is 13.0. The molecule has 0 saturated carbocycles. The zero-order valence-corrected chi connectivity index (χ0v) is 11.1. The summed E-state index contributed by atoms with van der Waals surface area (Å²) < 4.78 is 0. The van der Waals surface area contributed by atoms with Gasteiger partial charge in [0.2, 0.25) is 5.91 Å². The van der Waals surface area contributed by atoms with Crippen LogP contribution in [0.4, 0.5) is 5.69 Å². The molecule has 1 saturated heterocycles. The van der Waals surface area contributed by atoms with Crippen molar-refractivity contribution >= 4 is 11.6 Å². The maximum Gasteiger partial charge on any atom is 0.245 e. The Morgan fingerprint density at radius 3 is 2.78 bits per heavy atom. The van der Waals surface area contributed by atoms with Gasteiger partial charge in [-0.15, -0.1) is 0 Å². The van der Waals surface area contributed by atoms with Gasteiger partial charge in [-0.05, 0) is 26.1 Å². The van der Waals surface area contributed by atoms with Crippen LogP contribution in [0, 0.1) is 0 Å². The van der Waals surface area contributed by atoms with E-state index < -0.39 is 0 Å². The number of carbonyl (C=O) groups is 1. The number of hydrogen-bond donors (Lipinski definition) is 1. The largest absolute Gasteiger partial charge is 0.313 e. The molecule has 1 unspecified atom stereocenters. The van der Waals surface area contributed by atoms with E-state index in [0.29, 0.717) is 6.54 Å². The molecule has 1 amide bonds. The van der Waals surface area contributed by atoms with E-state index in [0.717, 1.165) is 25.3 Å². The summed E-state index contributed by atoms with van der Waals surface area (Å²) in [5.74, 6) is 0.179. The summed E-state index contributed by atoms with van der Waals surface area (Å²) in [5, 5.41) is 3.29. The number of rotatable bonds is 3. The maximum atomic E-state index is 12.6. The van der Waals surface area contributed by atoms with Gasteiger partial charge < -0.3 is 10.2 Å². The quantitative estimate of drug-likeness (QED) is 0.863. The fourth-order valence-corrected chi connectivity index (χ4v) is 2.34. The lowest BCUT2D eigenvalue weighted by Gasteiger charge is -2.35. The van der Waals surface area contributed by atoms with E-state index in [9.17, 15) is 4.79 Å². The Morgan fingerprint density at radius 2 is 2.17 bits per heavy atom. The fourth-order valence-electron chi connectivity index (χ4n) is 2.34. The number of para-hydroxylation sites is 1. The summed E-state index contributed by atoms with van der Waals surface area (Å²) in [5.41, 5.74) is 0.976. The van der Waals surface area contributed by atoms with E-state index in [1.54, 1.807) is 0 Å². The minimum Gasteiger partial charge on any atom is -0.313 e. The molecule has 2 rings (SSSR count). The van der Waals surface area contributed by atoms with Crippen LogP contribution < -0.4 is 10.2 Å². The normalized spacial score (nSPS) is 20.7. The van der Waals surface area contributed by atoms with Crippen LogP contribution >= 0.6 is 0 Å². The van der Waals surface area contributed by atoms with Crippen molar-refractivity contribution in [1.29, 1.82) is 0 Å². The van der Waals surface area contributed by atoms with E-state index in [1.807, 2.05) is 49.2 Å². The van der Waals surface area contributed by atoms with Gasteiger partial charge in [0, 0.05) is 31.9 Å². The van der Waals surface area contributed by atoms with Crippen molar-refractivity contribution in [2.45, 2.75) is 13.0 Å². The number of likely N-dealkylation sites (N-methyl/N-ethyl adjacent to an activating group) is 2. The number of nitrogens with one attached hydrogen (secondary N) is 1. The summed E-state index contributed by atoms with van der Waals surface area (Å²) >= 11 is 0. The second kappa shape index (κ2) is 5.98. The second-order valence-electron chi connectivity index (χ2n) is 4.62. The number of amides is 1. The van der Waals surface area contributed by atoms with Crippen molar-refractivity contribution in [3.63, 3.8) is 0 Å². The summed E-state index contributed by atoms with van der Waals surface area (Å²) in [4.78, 5) is 16.6. The lowest BCUT2D eigenvalue weighted by molar-refractivity contribution is -0.123. The molecule has 1 aromatic rings. The van der Waals surface area contributed by atoms with E-state index in [1.165, 1.54) is 0 Å². The number of nitrogens with zero attached hydrogens (tertiary/aromatic N) is 2. The Hall–Kier alpha value is -1.39. The number of piperazine rings is 1. The van der Waals surface area contributed by atoms with E-state index in [4.69, 9.17) is 0 Å². The van der Waals surface area contributed by atoms with Crippen LogP contribution in [-0.4, -0.2) is 50.1 Å². The molecule has 0 bridgehead atoms. The highest BCUT2D eigenvalue weighted by molar-refractivity contribution is 5.97. The lowest BCUT2D eigenvalue weighted by Crippen LogP contribution is -2.57. The Morgan fingerprint density at radius 1 is 1.44 bits per heavy atom. The van der Waals surface area contributed by atoms with Crippen molar-refractivity contribution in [2.24, 2.45) is 0 Å². The minimum absolute atomic E-state index is 0.0566. The van der Waals surface area contributed by atoms with Gasteiger partial charge in [-0.3, -0.25) is 9.69 Å². The Kier molecular flexibility index (Phi) is 4.33. The molecule has 1 fully saturated rings. The molecule has 4 nitrogen and oxygen atoms in total. The molecule has 1 aromatic carbocycles. The Balaban J connectivity index is 2.15. The van der Waals surface area contributed by atoms with Crippen LogP contribution in [0.1, 0.15) is 6.92 Å². The van der Waals surface area contributed by atoms with Crippen LogP contribution in [0.3, 0.4) is 0 Å². The van der Waals surface area contributed by atoms with Gasteiger partial charge in [-0.2, -0.15) is 0 Å². The second-order valence-corrected chi connectivity index (χ2v) is 4.62. The van der Waals surface area contributed by atoms with Gasteiger partial charge >= 0.3 is 0 Å². The fraction of sp³-hybridized carbons (Fsp3) is 0.500. The van der Waals surface area contributed by atoms with Crippen LogP contribution in [0.15, 0.2) is 30.3 Å². The van der Waals surface area contributed by atoms with Gasteiger partial charge in [-0.25, -0.2) is 0 Å². The first-order valence-corrected chi connectivity index (χ1v) is 6.51. The predicted molar refractivity (Wildman–Crippen MR) is 73.8 cm³/mol. The first-order valence-electron chi connectivity index (χ1n) is 6.51. The van der Waals surface area contributed by atoms with Crippen LogP contribution in [0.25, 0.3) is 0 Å². The average molecular weight is 247 g/mol. The summed E-state index contributed by atoms with van der Waals surface area (Å²) in [6.45, 7) is 5.33. The van der Waals surface area contributed by atoms with Crippen LogP contribution in [-0.2, 0) is 4.79 Å². The molecule has 4 heteroatoms. The summed E-state index contributed by atoms with van der Waals surface area (Å²) in [6.07, 6.45) is 0. The molecule has 1 aliphatic heterocycles. The topological polar surface area (TPSA) is 35.6 Å². The van der Waals surface area contributed by atoms with Gasteiger partial charge in [-0.1, -0.05) is 18.2 Å². The first-order chi connectivity index (χ1) is 8.74. The van der Waals surface area contributed by atoms with Gasteiger partial charge in [0.25, 0.3) is 0 Å². The molecule has 1 aliphatic rings. The number of benzene rings is 1. The minimum atomic E-state index is -0.0566. The highest BCUT2D eigenvalue weighted by atomic mass is 16.2. The molecular weight excluding hydrogens is 226 g/mol. The number of hydrogen-bond acceptors (Lipinski definition) is 3. The van der Waals surface area contributed by atoms with E-state index >= 15 is 0 Å². The molecule has 0 radical (unpaired) electrons. The Labute approximate surface area is 109 Å². The summed E-state index contributed by atoms with van der Waals surface area (Å²) in [6, 6.07) is 9.81. The Bertz CT molecular complexity index is 393. The highest BCUT2D eigenvalue weighted by Gasteiger charge is 2.29. The molecule has 1 atom stereocenters.